The van der Waals surface area contributed by atoms with E-state index in [1.807, 2.05) is 0 Å². The lowest BCUT2D eigenvalue weighted by molar-refractivity contribution is 0.364. The van der Waals surface area contributed by atoms with Crippen LogP contribution in [-0.4, -0.2) is 0 Å². The van der Waals surface area contributed by atoms with Gasteiger partial charge in [-0.25, -0.2) is 0 Å². The largest absolute Gasteiger partial charge is 0.310 e. The molecule has 2 aromatic carbocycles. The van der Waals surface area contributed by atoms with Crippen LogP contribution in [0, 0.1) is 68.0 Å². The lowest BCUT2D eigenvalue weighted by Crippen LogP contribution is -2.25. The Morgan fingerprint density at radius 2 is 1.22 bits per heavy atom. The number of halogens is 5. The molecule has 0 saturated heterocycles. The van der Waals surface area contributed by atoms with Gasteiger partial charge in [-0.3, -0.25) is 0 Å². The zero-order valence-corrected chi connectivity index (χ0v) is 16.2. The van der Waals surface area contributed by atoms with E-state index in [1.165, 1.54) is 12.1 Å². The van der Waals surface area contributed by atoms with E-state index in [0.717, 1.165) is 6.07 Å². The van der Waals surface area contributed by atoms with Gasteiger partial charge >= 0.3 is 10.2 Å². The van der Waals surface area contributed by atoms with E-state index in [4.69, 9.17) is 10.5 Å². The first-order valence-electron chi connectivity index (χ1n) is 7.97. The van der Waals surface area contributed by atoms with Gasteiger partial charge in [-0.05, 0) is 23.8 Å². The molecule has 2 aromatic rings. The molecule has 0 fully saturated rings. The highest BCUT2D eigenvalue weighted by Gasteiger charge is 2.65. The van der Waals surface area contributed by atoms with Gasteiger partial charge in [0.2, 0.25) is 0 Å². The van der Waals surface area contributed by atoms with Crippen LogP contribution in [0.1, 0.15) is 22.3 Å². The minimum absolute atomic E-state index is 0.0717. The molecule has 0 bridgehead atoms. The molecule has 0 radical (unpaired) electrons. The molecule has 2 rings (SSSR count). The van der Waals surface area contributed by atoms with E-state index >= 15 is 0 Å². The monoisotopic (exact) mass is 456 g/mol. The molecule has 0 aromatic heterocycles. The molecule has 0 aliphatic rings. The SMILES string of the molecule is N#CC(C#N)=c1c(C#N)c/c(=C(/C#N)c2ccc(S(F)(F)(F)(F)F)cc2)c(C#N)c1C#N. The Kier molecular flexibility index (Phi) is 5.20. The van der Waals surface area contributed by atoms with Crippen molar-refractivity contribution in [2.75, 3.05) is 0 Å². The van der Waals surface area contributed by atoms with Gasteiger partial charge in [-0.15, -0.1) is 0 Å². The van der Waals surface area contributed by atoms with Crippen molar-refractivity contribution in [3.05, 3.63) is 63.0 Å². The lowest BCUT2D eigenvalue weighted by Gasteiger charge is -2.40. The summed E-state index contributed by atoms with van der Waals surface area (Å²) in [6, 6.07) is 11.7. The molecule has 12 heteroatoms. The van der Waals surface area contributed by atoms with Gasteiger partial charge in [0.05, 0.1) is 28.3 Å². The molecule has 0 heterocycles. The molecule has 0 N–H and O–H groups in total. The highest BCUT2D eigenvalue weighted by atomic mass is 32.5. The third-order valence-corrected chi connectivity index (χ3v) is 5.28. The molecule has 32 heavy (non-hydrogen) atoms. The third kappa shape index (κ3) is 4.18. The normalized spacial score (nSPS) is 13.3. The Labute approximate surface area is 177 Å². The van der Waals surface area contributed by atoms with E-state index in [9.17, 15) is 40.5 Å². The molecule has 0 unspecified atom stereocenters. The number of rotatable bonds is 2. The number of hydrogen-bond donors (Lipinski definition) is 0. The van der Waals surface area contributed by atoms with Crippen LogP contribution in [0.5, 0.6) is 0 Å². The Morgan fingerprint density at radius 1 is 0.688 bits per heavy atom. The maximum atomic E-state index is 12.9. The minimum atomic E-state index is -9.96. The van der Waals surface area contributed by atoms with Crippen molar-refractivity contribution in [3.8, 4) is 36.4 Å². The summed E-state index contributed by atoms with van der Waals surface area (Å²) in [5.74, 6) is 0. The van der Waals surface area contributed by atoms with Crippen LogP contribution in [-0.2, 0) is 0 Å². The van der Waals surface area contributed by atoms with Crippen LogP contribution in [0.2, 0.25) is 0 Å². The number of benzene rings is 2. The predicted molar refractivity (Wildman–Crippen MR) is 100 cm³/mol. The van der Waals surface area contributed by atoms with Gasteiger partial charge in [0.15, 0.2) is 0 Å². The molecular weight excluding hydrogens is 451 g/mol. The Balaban J connectivity index is 3.12. The van der Waals surface area contributed by atoms with Gasteiger partial charge < -0.3 is 0 Å². The third-order valence-electron chi connectivity index (χ3n) is 4.11. The standard InChI is InChI=1S/C20H5F5N6S/c21-32(22,23,24,25)15-3-1-12(2-4-15)17(9-29)16-5-13(6-26)20(14(7-27)8-28)19(11-31)18(16)10-30/h1-5H/b17-16+. The molecule has 0 aliphatic heterocycles. The fraction of sp³-hybridized carbons (Fsp3) is 0. The summed E-state index contributed by atoms with van der Waals surface area (Å²) in [5, 5.41) is 55.4. The topological polar surface area (TPSA) is 143 Å². The van der Waals surface area contributed by atoms with Crippen molar-refractivity contribution in [3.63, 3.8) is 0 Å². The second kappa shape index (κ2) is 7.12. The fourth-order valence-corrected chi connectivity index (χ4v) is 3.40. The first kappa shape index (κ1) is 23.4. The van der Waals surface area contributed by atoms with Gasteiger partial charge in [0.25, 0.3) is 0 Å². The first-order chi connectivity index (χ1) is 14.8. The number of nitrogens with zero attached hydrogens (tertiary/aromatic N) is 6. The summed E-state index contributed by atoms with van der Waals surface area (Å²) in [7, 11) is -9.96. The van der Waals surface area contributed by atoms with E-state index < -0.39 is 48.2 Å². The van der Waals surface area contributed by atoms with Gasteiger partial charge in [0.1, 0.15) is 40.8 Å². The van der Waals surface area contributed by atoms with Crippen LogP contribution in [0.15, 0.2) is 35.2 Å². The van der Waals surface area contributed by atoms with Crippen molar-refractivity contribution < 1.29 is 19.4 Å². The zero-order chi connectivity index (χ0) is 24.4. The van der Waals surface area contributed by atoms with Crippen molar-refractivity contribution in [1.82, 2.24) is 0 Å². The van der Waals surface area contributed by atoms with E-state index in [-0.39, 0.29) is 22.9 Å². The maximum absolute atomic E-state index is 12.9. The van der Waals surface area contributed by atoms with Crippen LogP contribution in [0.4, 0.5) is 19.4 Å². The molecule has 0 saturated carbocycles. The Morgan fingerprint density at radius 3 is 1.59 bits per heavy atom. The van der Waals surface area contributed by atoms with Crippen molar-refractivity contribution in [2.24, 2.45) is 0 Å². The molecule has 0 aliphatic carbocycles. The van der Waals surface area contributed by atoms with E-state index in [0.29, 0.717) is 12.1 Å². The quantitative estimate of drug-likeness (QED) is 0.628. The van der Waals surface area contributed by atoms with Crippen molar-refractivity contribution in [1.29, 1.82) is 31.6 Å². The van der Waals surface area contributed by atoms with Crippen molar-refractivity contribution in [2.45, 2.75) is 4.90 Å². The van der Waals surface area contributed by atoms with Crippen LogP contribution < -0.4 is 10.4 Å². The highest BCUT2D eigenvalue weighted by Crippen LogP contribution is 3.02. The predicted octanol–water partition coefficient (Wildman–Crippen LogP) is 3.88. The van der Waals surface area contributed by atoms with Crippen molar-refractivity contribution >= 4 is 21.4 Å². The smallest absolute Gasteiger partial charge is 0.192 e. The van der Waals surface area contributed by atoms with Gasteiger partial charge in [-0.2, -0.15) is 31.6 Å². The average molecular weight is 456 g/mol. The summed E-state index contributed by atoms with van der Waals surface area (Å²) >= 11 is 0. The molecule has 156 valence electrons. The minimum Gasteiger partial charge on any atom is -0.192 e. The van der Waals surface area contributed by atoms with Gasteiger partial charge in [-0.1, -0.05) is 31.6 Å². The average Bonchev–Trinajstić information content (AvgIpc) is 2.73. The fourth-order valence-electron chi connectivity index (χ4n) is 2.75. The first-order valence-corrected chi connectivity index (χ1v) is 9.92. The second-order valence-corrected chi connectivity index (χ2v) is 8.42. The Hall–Kier alpha value is -4.88. The van der Waals surface area contributed by atoms with Crippen LogP contribution >= 0.6 is 10.2 Å². The van der Waals surface area contributed by atoms with E-state index in [1.54, 1.807) is 24.3 Å². The molecule has 0 atom stereocenters. The molecule has 6 nitrogen and oxygen atoms in total. The number of hydrogen-bond acceptors (Lipinski definition) is 6. The maximum Gasteiger partial charge on any atom is 0.310 e. The lowest BCUT2D eigenvalue weighted by atomic mass is 9.93. The summed E-state index contributed by atoms with van der Waals surface area (Å²) in [6.45, 7) is 0. The summed E-state index contributed by atoms with van der Waals surface area (Å²) in [4.78, 5) is -2.19. The van der Waals surface area contributed by atoms with Gasteiger partial charge in [0, 0.05) is 10.4 Å². The number of nitriles is 6. The molecular formula is C20H5F5N6S. The summed E-state index contributed by atoms with van der Waals surface area (Å²) in [6.07, 6.45) is 0. The summed E-state index contributed by atoms with van der Waals surface area (Å²) in [5.41, 5.74) is -2.98. The van der Waals surface area contributed by atoms with E-state index in [2.05, 4.69) is 0 Å². The zero-order valence-electron chi connectivity index (χ0n) is 15.4. The molecule has 0 amide bonds. The van der Waals surface area contributed by atoms with Crippen LogP contribution in [0.3, 0.4) is 0 Å². The Bertz CT molecular complexity index is 1530. The summed E-state index contributed by atoms with van der Waals surface area (Å²) < 4.78 is 64.7. The second-order valence-electron chi connectivity index (χ2n) is 6.01. The highest BCUT2D eigenvalue weighted by molar-refractivity contribution is 8.45. The van der Waals surface area contributed by atoms with Crippen LogP contribution in [0.25, 0.3) is 11.1 Å². The molecule has 0 spiro atoms.